The van der Waals surface area contributed by atoms with Gasteiger partial charge in [-0.3, -0.25) is 9.78 Å². The molecule has 1 saturated carbocycles. The van der Waals surface area contributed by atoms with Crippen molar-refractivity contribution in [2.24, 2.45) is 0 Å². The predicted molar refractivity (Wildman–Crippen MR) is 86.4 cm³/mol. The molecule has 0 aromatic carbocycles. The summed E-state index contributed by atoms with van der Waals surface area (Å²) < 4.78 is 4.81. The van der Waals surface area contributed by atoms with E-state index in [1.807, 2.05) is 0 Å². The molecule has 1 amide bonds. The first-order chi connectivity index (χ1) is 11.7. The highest BCUT2D eigenvalue weighted by molar-refractivity contribution is 5.98. The zero-order chi connectivity index (χ0) is 16.9. The number of hydrogen-bond acceptors (Lipinski definition) is 5. The average molecular weight is 328 g/mol. The Hall–Kier alpha value is -2.70. The molecule has 0 radical (unpaired) electrons. The fourth-order valence-electron chi connectivity index (χ4n) is 2.85. The quantitative estimate of drug-likeness (QED) is 0.785. The van der Waals surface area contributed by atoms with Crippen molar-refractivity contribution in [2.75, 3.05) is 7.11 Å². The first-order valence-electron chi connectivity index (χ1n) is 7.99. The second-order valence-corrected chi connectivity index (χ2v) is 5.92. The molecule has 1 aliphatic rings. The lowest BCUT2D eigenvalue weighted by atomic mass is 9.79. The van der Waals surface area contributed by atoms with E-state index in [0.29, 0.717) is 17.9 Å². The van der Waals surface area contributed by atoms with Crippen LogP contribution in [0.5, 0.6) is 0 Å². The van der Waals surface area contributed by atoms with Crippen LogP contribution in [0.2, 0.25) is 0 Å². The zero-order valence-corrected chi connectivity index (χ0v) is 13.5. The Morgan fingerprint density at radius 3 is 2.83 bits per heavy atom. The largest absolute Gasteiger partial charge is 0.467 e. The molecular weight excluding hydrogens is 308 g/mol. The minimum atomic E-state index is -0.773. The van der Waals surface area contributed by atoms with Crippen LogP contribution in [0.3, 0.4) is 0 Å². The summed E-state index contributed by atoms with van der Waals surface area (Å²) in [6.45, 7) is 0. The van der Waals surface area contributed by atoms with Crippen LogP contribution in [0.15, 0.2) is 31.0 Å². The van der Waals surface area contributed by atoms with Gasteiger partial charge in [0.2, 0.25) is 0 Å². The van der Waals surface area contributed by atoms with Crippen LogP contribution in [-0.4, -0.2) is 40.0 Å². The summed E-state index contributed by atoms with van der Waals surface area (Å²) in [6, 6.07) is 0.929. The van der Waals surface area contributed by atoms with E-state index < -0.39 is 12.0 Å². The molecule has 0 unspecified atom stereocenters. The van der Waals surface area contributed by atoms with Gasteiger partial charge in [0, 0.05) is 36.3 Å². The van der Waals surface area contributed by atoms with Gasteiger partial charge in [0.1, 0.15) is 6.04 Å². The van der Waals surface area contributed by atoms with Crippen LogP contribution in [0, 0.1) is 0 Å². The molecule has 0 aliphatic heterocycles. The average Bonchev–Trinajstić information content (AvgIpc) is 3.05. The first kappa shape index (κ1) is 16.2. The minimum absolute atomic E-state index is 0.283. The number of imidazole rings is 1. The molecule has 2 heterocycles. The summed E-state index contributed by atoms with van der Waals surface area (Å²) in [7, 11) is 1.31. The molecule has 1 atom stereocenters. The van der Waals surface area contributed by atoms with Gasteiger partial charge in [0.05, 0.1) is 13.4 Å². The highest BCUT2D eigenvalue weighted by Gasteiger charge is 2.28. The van der Waals surface area contributed by atoms with Crippen molar-refractivity contribution in [1.82, 2.24) is 20.3 Å². The van der Waals surface area contributed by atoms with E-state index in [1.54, 1.807) is 24.7 Å². The standard InChI is InChI=1S/C17H20N4O3/c1-24-17(23)15(7-12-8-19-10-20-12)21-16(22)13-5-6-18-9-14(13)11-3-2-4-11/h5-6,8-11,15H,2-4,7H2,1H3,(H,19,20)(H,21,22)/t15-/m1/s1. The van der Waals surface area contributed by atoms with Crippen LogP contribution in [0.4, 0.5) is 0 Å². The number of carbonyl (C=O) groups is 2. The van der Waals surface area contributed by atoms with E-state index in [1.165, 1.54) is 19.9 Å². The van der Waals surface area contributed by atoms with Gasteiger partial charge in [-0.25, -0.2) is 9.78 Å². The molecule has 24 heavy (non-hydrogen) atoms. The Labute approximate surface area is 139 Å². The van der Waals surface area contributed by atoms with E-state index in [-0.39, 0.29) is 5.91 Å². The summed E-state index contributed by atoms with van der Waals surface area (Å²) >= 11 is 0. The van der Waals surface area contributed by atoms with E-state index in [4.69, 9.17) is 4.74 Å². The Kier molecular flexibility index (Phi) is 4.88. The monoisotopic (exact) mass is 328 g/mol. The second-order valence-electron chi connectivity index (χ2n) is 5.92. The third-order valence-electron chi connectivity index (χ3n) is 4.41. The topological polar surface area (TPSA) is 97.0 Å². The predicted octanol–water partition coefficient (Wildman–Crippen LogP) is 1.59. The molecule has 1 aliphatic carbocycles. The molecule has 0 bridgehead atoms. The lowest BCUT2D eigenvalue weighted by Gasteiger charge is -2.27. The third kappa shape index (κ3) is 3.45. The fraction of sp³-hybridized carbons (Fsp3) is 0.412. The molecule has 0 saturated heterocycles. The number of aromatic nitrogens is 3. The van der Waals surface area contributed by atoms with Crippen molar-refractivity contribution in [3.05, 3.63) is 47.8 Å². The summed E-state index contributed by atoms with van der Waals surface area (Å²) in [5, 5.41) is 2.78. The van der Waals surface area contributed by atoms with Gasteiger partial charge >= 0.3 is 5.97 Å². The summed E-state index contributed by atoms with van der Waals surface area (Å²) in [5.41, 5.74) is 2.28. The minimum Gasteiger partial charge on any atom is -0.467 e. The van der Waals surface area contributed by atoms with E-state index in [0.717, 1.165) is 24.1 Å². The van der Waals surface area contributed by atoms with Gasteiger partial charge in [0.15, 0.2) is 0 Å². The number of ether oxygens (including phenoxy) is 1. The van der Waals surface area contributed by atoms with Gasteiger partial charge in [-0.1, -0.05) is 6.42 Å². The summed E-state index contributed by atoms with van der Waals surface area (Å²) in [6.07, 6.45) is 10.1. The van der Waals surface area contributed by atoms with Crippen molar-refractivity contribution in [2.45, 2.75) is 37.6 Å². The second kappa shape index (κ2) is 7.25. The Bertz CT molecular complexity index is 710. The first-order valence-corrected chi connectivity index (χ1v) is 7.99. The molecule has 3 rings (SSSR count). The number of methoxy groups -OCH3 is 1. The normalized spacial score (nSPS) is 15.4. The number of nitrogens with one attached hydrogen (secondary N) is 2. The number of esters is 1. The van der Waals surface area contributed by atoms with Gasteiger partial charge < -0.3 is 15.0 Å². The maximum atomic E-state index is 12.7. The summed E-state index contributed by atoms with van der Waals surface area (Å²) in [4.78, 5) is 35.7. The van der Waals surface area contributed by atoms with Crippen molar-refractivity contribution >= 4 is 11.9 Å². The van der Waals surface area contributed by atoms with Crippen molar-refractivity contribution in [3.63, 3.8) is 0 Å². The van der Waals surface area contributed by atoms with Crippen LogP contribution < -0.4 is 5.32 Å². The van der Waals surface area contributed by atoms with Crippen LogP contribution in [0.1, 0.15) is 46.8 Å². The zero-order valence-electron chi connectivity index (χ0n) is 13.5. The Morgan fingerprint density at radius 1 is 1.38 bits per heavy atom. The van der Waals surface area contributed by atoms with Crippen molar-refractivity contribution < 1.29 is 14.3 Å². The number of aromatic amines is 1. The number of carbonyl (C=O) groups excluding carboxylic acids is 2. The molecule has 7 heteroatoms. The van der Waals surface area contributed by atoms with Gasteiger partial charge in [-0.15, -0.1) is 0 Å². The maximum absolute atomic E-state index is 12.7. The van der Waals surface area contributed by atoms with Crippen LogP contribution in [-0.2, 0) is 16.0 Å². The van der Waals surface area contributed by atoms with E-state index >= 15 is 0 Å². The molecule has 0 spiro atoms. The molecule has 2 aromatic rings. The highest BCUT2D eigenvalue weighted by atomic mass is 16.5. The van der Waals surface area contributed by atoms with Gasteiger partial charge in [0.25, 0.3) is 5.91 Å². The maximum Gasteiger partial charge on any atom is 0.328 e. The fourth-order valence-corrected chi connectivity index (χ4v) is 2.85. The Balaban J connectivity index is 1.77. The van der Waals surface area contributed by atoms with Crippen LogP contribution >= 0.6 is 0 Å². The lowest BCUT2D eigenvalue weighted by Crippen LogP contribution is -2.43. The number of pyridine rings is 1. The molecule has 126 valence electrons. The van der Waals surface area contributed by atoms with Crippen LogP contribution in [0.25, 0.3) is 0 Å². The molecule has 2 N–H and O–H groups in total. The van der Waals surface area contributed by atoms with Gasteiger partial charge in [-0.2, -0.15) is 0 Å². The highest BCUT2D eigenvalue weighted by Crippen LogP contribution is 2.37. The Morgan fingerprint density at radius 2 is 2.21 bits per heavy atom. The number of H-pyrrole nitrogens is 1. The van der Waals surface area contributed by atoms with Crippen molar-refractivity contribution in [1.29, 1.82) is 0 Å². The van der Waals surface area contributed by atoms with Gasteiger partial charge in [-0.05, 0) is 30.4 Å². The lowest BCUT2D eigenvalue weighted by molar-refractivity contribution is -0.142. The number of amides is 1. The molecular formula is C17H20N4O3. The third-order valence-corrected chi connectivity index (χ3v) is 4.41. The SMILES string of the molecule is COC(=O)[C@@H](Cc1cnc[nH]1)NC(=O)c1ccncc1C1CCC1. The molecule has 7 nitrogen and oxygen atoms in total. The smallest absolute Gasteiger partial charge is 0.328 e. The molecule has 2 aromatic heterocycles. The number of hydrogen-bond donors (Lipinski definition) is 2. The number of nitrogens with zero attached hydrogens (tertiary/aromatic N) is 2. The van der Waals surface area contributed by atoms with E-state index in [9.17, 15) is 9.59 Å². The van der Waals surface area contributed by atoms with E-state index in [2.05, 4.69) is 20.3 Å². The number of rotatable bonds is 6. The van der Waals surface area contributed by atoms with Crippen molar-refractivity contribution in [3.8, 4) is 0 Å². The molecule has 1 fully saturated rings. The summed E-state index contributed by atoms with van der Waals surface area (Å²) in [5.74, 6) is -0.393.